The monoisotopic (exact) mass is 569 g/mol. The molecular formula is C26H29Cl2N9O2. The lowest BCUT2D eigenvalue weighted by atomic mass is 10.2. The predicted molar refractivity (Wildman–Crippen MR) is 152 cm³/mol. The largest absolute Gasteiger partial charge is 0.378 e. The summed E-state index contributed by atoms with van der Waals surface area (Å²) in [6.45, 7) is 6.21. The highest BCUT2D eigenvalue weighted by Gasteiger charge is 2.28. The number of pyridine rings is 1. The first-order chi connectivity index (χ1) is 19.1. The lowest BCUT2D eigenvalue weighted by molar-refractivity contribution is -0.130. The summed E-state index contributed by atoms with van der Waals surface area (Å²) in [6.07, 6.45) is 8.72. The van der Waals surface area contributed by atoms with E-state index in [1.54, 1.807) is 18.6 Å². The van der Waals surface area contributed by atoms with Crippen molar-refractivity contribution in [1.29, 1.82) is 0 Å². The Kier molecular flexibility index (Phi) is 7.53. The fourth-order valence-corrected chi connectivity index (χ4v) is 5.84. The summed E-state index contributed by atoms with van der Waals surface area (Å²) in [6, 6.07) is 4.02. The number of dihydropyridines is 1. The number of amides is 1. The van der Waals surface area contributed by atoms with E-state index in [2.05, 4.69) is 30.1 Å². The van der Waals surface area contributed by atoms with Crippen LogP contribution in [-0.4, -0.2) is 112 Å². The van der Waals surface area contributed by atoms with Gasteiger partial charge in [-0.1, -0.05) is 11.6 Å². The number of aliphatic imine (C=N–C) groups is 1. The number of hydrogen-bond donors (Lipinski definition) is 1. The summed E-state index contributed by atoms with van der Waals surface area (Å²) in [5.74, 6) is 1.65. The normalized spacial score (nSPS) is 20.2. The van der Waals surface area contributed by atoms with E-state index < -0.39 is 0 Å². The van der Waals surface area contributed by atoms with Gasteiger partial charge in [-0.2, -0.15) is 0 Å². The summed E-state index contributed by atoms with van der Waals surface area (Å²) >= 11 is 12.8. The standard InChI is InChI=1S/C26H29Cl2N9O2/c27-19-14-30-15-20(28)25(19)36-7-5-35(6-8-36)23(38)17-32-26-24(33-22-16-29-3-4-37(22)26)18-1-2-21(31-13-18)34-9-11-39-12-10-34/h1-4,13-14,16,20,32H,5-12,15,17H2. The van der Waals surface area contributed by atoms with Gasteiger partial charge in [0.1, 0.15) is 17.3 Å². The number of piperazine rings is 1. The fraction of sp³-hybridized carbons (Fsp3) is 0.423. The van der Waals surface area contributed by atoms with Crippen molar-refractivity contribution in [2.24, 2.45) is 4.99 Å². The minimum atomic E-state index is -0.244. The van der Waals surface area contributed by atoms with Crippen LogP contribution in [-0.2, 0) is 9.53 Å². The number of allylic oxidation sites excluding steroid dienone is 1. The molecule has 3 aromatic heterocycles. The first-order valence-corrected chi connectivity index (χ1v) is 13.8. The quantitative estimate of drug-likeness (QED) is 0.451. The Bertz CT molecular complexity index is 1390. The third-order valence-electron chi connectivity index (χ3n) is 7.18. The van der Waals surface area contributed by atoms with Gasteiger partial charge in [0.25, 0.3) is 0 Å². The zero-order valence-corrected chi connectivity index (χ0v) is 22.9. The van der Waals surface area contributed by atoms with Crippen molar-refractivity contribution in [2.45, 2.75) is 5.38 Å². The number of nitrogens with zero attached hydrogens (tertiary/aromatic N) is 8. The van der Waals surface area contributed by atoms with Gasteiger partial charge < -0.3 is 24.8 Å². The smallest absolute Gasteiger partial charge is 0.242 e. The molecule has 204 valence electrons. The van der Waals surface area contributed by atoms with Crippen LogP contribution in [0.1, 0.15) is 0 Å². The van der Waals surface area contributed by atoms with Gasteiger partial charge in [0, 0.05) is 69.6 Å². The lowest BCUT2D eigenvalue weighted by Crippen LogP contribution is -2.51. The van der Waals surface area contributed by atoms with Gasteiger partial charge in [0.2, 0.25) is 5.91 Å². The number of anilines is 2. The van der Waals surface area contributed by atoms with Gasteiger partial charge in [-0.3, -0.25) is 19.2 Å². The average Bonchev–Trinajstić information content (AvgIpc) is 3.35. The van der Waals surface area contributed by atoms with Crippen molar-refractivity contribution < 1.29 is 9.53 Å². The Labute approximate surface area is 236 Å². The highest BCUT2D eigenvalue weighted by molar-refractivity contribution is 6.40. The molecule has 3 aromatic rings. The van der Waals surface area contributed by atoms with E-state index in [9.17, 15) is 4.79 Å². The van der Waals surface area contributed by atoms with Gasteiger partial charge in [-0.05, 0) is 12.1 Å². The van der Waals surface area contributed by atoms with E-state index in [-0.39, 0.29) is 17.8 Å². The highest BCUT2D eigenvalue weighted by atomic mass is 35.5. The molecule has 39 heavy (non-hydrogen) atoms. The van der Waals surface area contributed by atoms with Crippen molar-refractivity contribution in [3.63, 3.8) is 0 Å². The molecule has 1 unspecified atom stereocenters. The molecule has 1 amide bonds. The molecule has 0 radical (unpaired) electrons. The number of imidazole rings is 1. The molecule has 3 aliphatic rings. The van der Waals surface area contributed by atoms with Crippen LogP contribution in [0.3, 0.4) is 0 Å². The first kappa shape index (κ1) is 25.8. The zero-order chi connectivity index (χ0) is 26.8. The van der Waals surface area contributed by atoms with Crippen LogP contribution in [0.2, 0.25) is 0 Å². The van der Waals surface area contributed by atoms with E-state index in [4.69, 9.17) is 32.9 Å². The van der Waals surface area contributed by atoms with Gasteiger partial charge in [0.15, 0.2) is 5.65 Å². The van der Waals surface area contributed by atoms with Crippen LogP contribution < -0.4 is 10.2 Å². The molecule has 2 saturated heterocycles. The van der Waals surface area contributed by atoms with E-state index in [0.29, 0.717) is 56.6 Å². The molecule has 3 aliphatic heterocycles. The molecule has 1 atom stereocenters. The summed E-state index contributed by atoms with van der Waals surface area (Å²) < 4.78 is 7.35. The molecule has 13 heteroatoms. The maximum Gasteiger partial charge on any atom is 0.242 e. The van der Waals surface area contributed by atoms with Crippen molar-refractivity contribution >= 4 is 52.6 Å². The number of aromatic nitrogens is 4. The van der Waals surface area contributed by atoms with Crippen molar-refractivity contribution in [3.8, 4) is 11.3 Å². The molecule has 1 N–H and O–H groups in total. The Morgan fingerprint density at radius 3 is 2.64 bits per heavy atom. The lowest BCUT2D eigenvalue weighted by Gasteiger charge is -2.39. The van der Waals surface area contributed by atoms with Crippen LogP contribution in [0.4, 0.5) is 11.6 Å². The number of carbonyl (C=O) groups excluding carboxylic acids is 1. The number of morpholine rings is 1. The summed E-state index contributed by atoms with van der Waals surface area (Å²) in [5, 5.41) is 3.67. The van der Waals surface area contributed by atoms with E-state index in [1.807, 2.05) is 33.8 Å². The summed E-state index contributed by atoms with van der Waals surface area (Å²) in [5.41, 5.74) is 3.16. The minimum absolute atomic E-state index is 0.0121. The number of halogens is 2. The number of carbonyl (C=O) groups is 1. The Balaban J connectivity index is 1.15. The topological polar surface area (TPSA) is 103 Å². The number of hydrogen-bond acceptors (Lipinski definition) is 9. The number of fused-ring (bicyclic) bond motifs is 1. The zero-order valence-electron chi connectivity index (χ0n) is 21.3. The van der Waals surface area contributed by atoms with E-state index in [1.165, 1.54) is 0 Å². The molecule has 0 aliphatic carbocycles. The second-order valence-electron chi connectivity index (χ2n) is 9.53. The van der Waals surface area contributed by atoms with Gasteiger partial charge in [-0.15, -0.1) is 11.6 Å². The minimum Gasteiger partial charge on any atom is -0.378 e. The summed E-state index contributed by atoms with van der Waals surface area (Å²) in [7, 11) is 0. The van der Waals surface area contributed by atoms with Crippen LogP contribution in [0, 0.1) is 0 Å². The predicted octanol–water partition coefficient (Wildman–Crippen LogP) is 2.33. The van der Waals surface area contributed by atoms with Gasteiger partial charge in [-0.25, -0.2) is 9.97 Å². The van der Waals surface area contributed by atoms with Crippen LogP contribution >= 0.6 is 23.2 Å². The molecule has 11 nitrogen and oxygen atoms in total. The molecule has 2 fully saturated rings. The Morgan fingerprint density at radius 1 is 1.08 bits per heavy atom. The van der Waals surface area contributed by atoms with Crippen LogP contribution in [0.15, 0.2) is 52.6 Å². The SMILES string of the molecule is O=C(CNc1c(-c2ccc(N3CCOCC3)nc2)nc2cnccn12)N1CCN(C2=C(Cl)C=NCC2Cl)CC1. The number of alkyl halides is 1. The second-order valence-corrected chi connectivity index (χ2v) is 10.5. The molecular weight excluding hydrogens is 541 g/mol. The molecule has 0 bridgehead atoms. The third-order valence-corrected chi connectivity index (χ3v) is 7.81. The van der Waals surface area contributed by atoms with Crippen LogP contribution in [0.5, 0.6) is 0 Å². The maximum absolute atomic E-state index is 13.2. The maximum atomic E-state index is 13.2. The first-order valence-electron chi connectivity index (χ1n) is 13.0. The highest BCUT2D eigenvalue weighted by Crippen LogP contribution is 2.30. The average molecular weight is 570 g/mol. The van der Waals surface area contributed by atoms with E-state index in [0.717, 1.165) is 41.7 Å². The fourth-order valence-electron chi connectivity index (χ4n) is 5.13. The molecule has 6 heterocycles. The Morgan fingerprint density at radius 2 is 1.90 bits per heavy atom. The number of nitrogens with one attached hydrogen (secondary N) is 1. The molecule has 0 saturated carbocycles. The van der Waals surface area contributed by atoms with E-state index >= 15 is 0 Å². The molecule has 0 aromatic carbocycles. The third kappa shape index (κ3) is 5.39. The number of rotatable bonds is 6. The van der Waals surface area contributed by atoms with Crippen molar-refractivity contribution in [3.05, 3.63) is 47.6 Å². The second kappa shape index (κ2) is 11.4. The Hall–Kier alpha value is -3.41. The van der Waals surface area contributed by atoms with Crippen molar-refractivity contribution in [2.75, 3.05) is 75.8 Å². The molecule has 6 rings (SSSR count). The number of ether oxygens (including phenoxy) is 1. The van der Waals surface area contributed by atoms with Gasteiger partial charge in [0.05, 0.1) is 48.6 Å². The van der Waals surface area contributed by atoms with Gasteiger partial charge >= 0.3 is 0 Å². The van der Waals surface area contributed by atoms with Crippen LogP contribution in [0.25, 0.3) is 16.9 Å². The van der Waals surface area contributed by atoms with Crippen molar-refractivity contribution in [1.82, 2.24) is 29.2 Å². The summed E-state index contributed by atoms with van der Waals surface area (Å²) in [4.78, 5) is 37.3. The molecule has 0 spiro atoms.